The van der Waals surface area contributed by atoms with Gasteiger partial charge in [-0.05, 0) is 42.8 Å². The number of H-pyrrole nitrogens is 1. The van der Waals surface area contributed by atoms with Gasteiger partial charge in [0.2, 0.25) is 0 Å². The van der Waals surface area contributed by atoms with E-state index in [1.165, 1.54) is 17.3 Å². The van der Waals surface area contributed by atoms with Crippen molar-refractivity contribution in [1.82, 2.24) is 9.97 Å². The van der Waals surface area contributed by atoms with E-state index < -0.39 is 5.97 Å². The van der Waals surface area contributed by atoms with Crippen molar-refractivity contribution in [3.05, 3.63) is 52.0 Å². The minimum Gasteiger partial charge on any atom is -0.478 e. The van der Waals surface area contributed by atoms with Crippen molar-refractivity contribution in [2.45, 2.75) is 17.0 Å². The average Bonchev–Trinajstić information content (AvgIpc) is 2.79. The number of aromatic amines is 1. The van der Waals surface area contributed by atoms with Crippen molar-refractivity contribution in [1.29, 1.82) is 0 Å². The van der Waals surface area contributed by atoms with Gasteiger partial charge in [-0.25, -0.2) is 9.78 Å². The molecule has 2 N–H and O–H groups in total. The van der Waals surface area contributed by atoms with Crippen LogP contribution in [0, 0.1) is 6.92 Å². The van der Waals surface area contributed by atoms with E-state index in [2.05, 4.69) is 25.9 Å². The zero-order valence-electron chi connectivity index (χ0n) is 11.1. The molecule has 1 heterocycles. The maximum absolute atomic E-state index is 11.1. The monoisotopic (exact) mass is 362 g/mol. The van der Waals surface area contributed by atoms with Crippen molar-refractivity contribution >= 4 is 44.7 Å². The first-order valence-electron chi connectivity index (χ1n) is 6.19. The van der Waals surface area contributed by atoms with E-state index >= 15 is 0 Å². The topological polar surface area (TPSA) is 66.0 Å². The Morgan fingerprint density at radius 1 is 1.29 bits per heavy atom. The van der Waals surface area contributed by atoms with Crippen LogP contribution in [-0.4, -0.2) is 21.0 Å². The predicted octanol–water partition coefficient (Wildman–Crippen LogP) is 4.48. The lowest BCUT2D eigenvalue weighted by atomic mass is 10.2. The molecule has 0 atom stereocenters. The van der Waals surface area contributed by atoms with Gasteiger partial charge in [0.15, 0.2) is 5.16 Å². The first kappa shape index (κ1) is 14.2. The molecule has 0 aliphatic heterocycles. The molecule has 6 heteroatoms. The molecule has 0 unspecified atom stereocenters. The van der Waals surface area contributed by atoms with Crippen LogP contribution >= 0.6 is 27.7 Å². The van der Waals surface area contributed by atoms with Crippen molar-refractivity contribution in [2.75, 3.05) is 0 Å². The van der Waals surface area contributed by atoms with Gasteiger partial charge in [-0.3, -0.25) is 0 Å². The number of aromatic nitrogens is 2. The molecule has 1 aromatic heterocycles. The van der Waals surface area contributed by atoms with Gasteiger partial charge in [0.1, 0.15) is 0 Å². The van der Waals surface area contributed by atoms with Crippen LogP contribution in [0.15, 0.2) is 50.9 Å². The summed E-state index contributed by atoms with van der Waals surface area (Å²) in [6.07, 6.45) is 0. The van der Waals surface area contributed by atoms with E-state index in [4.69, 9.17) is 5.11 Å². The highest BCUT2D eigenvalue weighted by atomic mass is 79.9. The van der Waals surface area contributed by atoms with Crippen LogP contribution in [0.5, 0.6) is 0 Å². The Hall–Kier alpha value is -1.79. The minimum atomic E-state index is -0.946. The number of benzene rings is 2. The smallest absolute Gasteiger partial charge is 0.335 e. The number of hydrogen-bond donors (Lipinski definition) is 2. The van der Waals surface area contributed by atoms with Crippen molar-refractivity contribution in [3.8, 4) is 0 Å². The van der Waals surface area contributed by atoms with E-state index in [9.17, 15) is 4.79 Å². The number of carboxylic acids is 1. The zero-order valence-corrected chi connectivity index (χ0v) is 13.5. The molecule has 0 bridgehead atoms. The van der Waals surface area contributed by atoms with Crippen LogP contribution in [0.4, 0.5) is 0 Å². The van der Waals surface area contributed by atoms with Crippen LogP contribution in [0.2, 0.25) is 0 Å². The number of imidazole rings is 1. The summed E-state index contributed by atoms with van der Waals surface area (Å²) >= 11 is 4.74. The number of carbonyl (C=O) groups is 1. The maximum Gasteiger partial charge on any atom is 0.335 e. The molecule has 0 aliphatic carbocycles. The fourth-order valence-electron chi connectivity index (χ4n) is 2.01. The standard InChI is InChI=1S/C15H11BrN2O2S/c1-8-2-3-12-13(4-8)18-15(17-12)21-11-6-9(14(19)20)5-10(16)7-11/h2-7H,1H3,(H,17,18)(H,19,20). The highest BCUT2D eigenvalue weighted by molar-refractivity contribution is 9.10. The molecular formula is C15H11BrN2O2S. The normalized spacial score (nSPS) is 11.0. The van der Waals surface area contributed by atoms with E-state index in [0.29, 0.717) is 0 Å². The summed E-state index contributed by atoms with van der Waals surface area (Å²) in [4.78, 5) is 19.6. The number of hydrogen-bond acceptors (Lipinski definition) is 3. The molecule has 0 saturated heterocycles. The first-order valence-corrected chi connectivity index (χ1v) is 7.80. The van der Waals surface area contributed by atoms with Gasteiger partial charge in [0.25, 0.3) is 0 Å². The number of carboxylic acid groups (broad SMARTS) is 1. The lowest BCUT2D eigenvalue weighted by Gasteiger charge is -2.02. The molecule has 3 aromatic rings. The Bertz CT molecular complexity index is 845. The molecule has 0 fully saturated rings. The van der Waals surface area contributed by atoms with E-state index in [1.54, 1.807) is 12.1 Å². The number of rotatable bonds is 3. The van der Waals surface area contributed by atoms with Crippen molar-refractivity contribution in [2.24, 2.45) is 0 Å². The summed E-state index contributed by atoms with van der Waals surface area (Å²) in [5.41, 5.74) is 3.29. The molecule has 0 aliphatic rings. The Morgan fingerprint density at radius 3 is 2.86 bits per heavy atom. The molecular weight excluding hydrogens is 352 g/mol. The maximum atomic E-state index is 11.1. The number of fused-ring (bicyclic) bond motifs is 1. The molecule has 0 radical (unpaired) electrons. The third-order valence-electron chi connectivity index (χ3n) is 2.95. The van der Waals surface area contributed by atoms with Gasteiger partial charge >= 0.3 is 5.97 Å². The van der Waals surface area contributed by atoms with Gasteiger partial charge < -0.3 is 10.1 Å². The Morgan fingerprint density at radius 2 is 2.10 bits per heavy atom. The highest BCUT2D eigenvalue weighted by Crippen LogP contribution is 2.30. The third kappa shape index (κ3) is 3.11. The first-order chi connectivity index (χ1) is 10.0. The second kappa shape index (κ2) is 5.54. The zero-order chi connectivity index (χ0) is 15.0. The van der Waals surface area contributed by atoms with Gasteiger partial charge in [-0.2, -0.15) is 0 Å². The van der Waals surface area contributed by atoms with Gasteiger partial charge in [-0.15, -0.1) is 0 Å². The van der Waals surface area contributed by atoms with Crippen LogP contribution in [0.3, 0.4) is 0 Å². The van der Waals surface area contributed by atoms with Crippen molar-refractivity contribution < 1.29 is 9.90 Å². The summed E-state index contributed by atoms with van der Waals surface area (Å²) in [6, 6.07) is 11.1. The fraction of sp³-hybridized carbons (Fsp3) is 0.0667. The summed E-state index contributed by atoms with van der Waals surface area (Å²) in [5.74, 6) is -0.946. The SMILES string of the molecule is Cc1ccc2nc(Sc3cc(Br)cc(C(=O)O)c3)[nH]c2c1. The van der Waals surface area contributed by atoms with Crippen molar-refractivity contribution in [3.63, 3.8) is 0 Å². The summed E-state index contributed by atoms with van der Waals surface area (Å²) < 4.78 is 0.733. The van der Waals surface area contributed by atoms with Gasteiger partial charge in [0.05, 0.1) is 16.6 Å². The second-order valence-corrected chi connectivity index (χ2v) is 6.62. The van der Waals surface area contributed by atoms with E-state index in [1.807, 2.05) is 31.2 Å². The van der Waals surface area contributed by atoms with Gasteiger partial charge in [0, 0.05) is 9.37 Å². The fourth-order valence-corrected chi connectivity index (χ4v) is 3.55. The summed E-state index contributed by atoms with van der Waals surface area (Å²) in [6.45, 7) is 2.03. The molecule has 0 saturated carbocycles. The van der Waals surface area contributed by atoms with E-state index in [0.717, 1.165) is 25.6 Å². The molecule has 4 nitrogen and oxygen atoms in total. The average molecular weight is 363 g/mol. The number of halogens is 1. The highest BCUT2D eigenvalue weighted by Gasteiger charge is 2.09. The predicted molar refractivity (Wildman–Crippen MR) is 86.1 cm³/mol. The Balaban J connectivity index is 1.96. The van der Waals surface area contributed by atoms with Crippen LogP contribution in [0.1, 0.15) is 15.9 Å². The van der Waals surface area contributed by atoms with Crippen LogP contribution in [0.25, 0.3) is 11.0 Å². The third-order valence-corrected chi connectivity index (χ3v) is 4.26. The Kier molecular flexibility index (Phi) is 3.73. The number of aromatic carboxylic acids is 1. The molecule has 0 spiro atoms. The quantitative estimate of drug-likeness (QED) is 0.720. The lowest BCUT2D eigenvalue weighted by Crippen LogP contribution is -1.96. The number of nitrogens with zero attached hydrogens (tertiary/aromatic N) is 1. The molecule has 2 aromatic carbocycles. The summed E-state index contributed by atoms with van der Waals surface area (Å²) in [7, 11) is 0. The number of nitrogens with one attached hydrogen (secondary N) is 1. The number of aryl methyl sites for hydroxylation is 1. The van der Waals surface area contributed by atoms with Crippen LogP contribution in [-0.2, 0) is 0 Å². The molecule has 3 rings (SSSR count). The second-order valence-electron chi connectivity index (χ2n) is 4.65. The molecule has 0 amide bonds. The van der Waals surface area contributed by atoms with Crippen LogP contribution < -0.4 is 0 Å². The van der Waals surface area contributed by atoms with E-state index in [-0.39, 0.29) is 5.56 Å². The van der Waals surface area contributed by atoms with Gasteiger partial charge in [-0.1, -0.05) is 33.8 Å². The largest absolute Gasteiger partial charge is 0.478 e. The Labute approximate surface area is 133 Å². The minimum absolute atomic E-state index is 0.249. The molecule has 21 heavy (non-hydrogen) atoms. The summed E-state index contributed by atoms with van der Waals surface area (Å²) in [5, 5.41) is 9.83. The lowest BCUT2D eigenvalue weighted by molar-refractivity contribution is 0.0696. The molecule has 106 valence electrons.